The fraction of sp³-hybridized carbons (Fsp3) is 0.500. The molecule has 0 fully saturated rings. The minimum absolute atomic E-state index is 0.343. The molecule has 0 aliphatic carbocycles. The molecule has 0 saturated carbocycles. The van der Waals surface area contributed by atoms with Crippen LogP contribution in [0.25, 0.3) is 0 Å². The number of carbonyl (C=O) groups excluding carboxylic acids is 2. The number of nitrogens with zero attached hydrogens (tertiary/aromatic N) is 2. The summed E-state index contributed by atoms with van der Waals surface area (Å²) in [4.78, 5) is 20.1. The molecule has 2 amide bonds. The van der Waals surface area contributed by atoms with Crippen LogP contribution in [0.15, 0.2) is 8.73 Å². The standard InChI is InChI=1S/C4H6N2O2S/c1-3(7)5-9-6-4(2)8/h1-2H3. The largest absolute Gasteiger partial charge is 0.272 e. The normalized spacial score (nSPS) is 7.78. The Kier molecular flexibility index (Phi) is 3.70. The lowest BCUT2D eigenvalue weighted by molar-refractivity contribution is -0.116. The van der Waals surface area contributed by atoms with Crippen LogP contribution in [0.3, 0.4) is 0 Å². The maximum absolute atomic E-state index is 10.1. The molecule has 5 heteroatoms. The molecule has 0 unspecified atom stereocenters. The molecular weight excluding hydrogens is 140 g/mol. The third-order valence-corrected chi connectivity index (χ3v) is 1.02. The van der Waals surface area contributed by atoms with E-state index in [-0.39, 0.29) is 11.8 Å². The molecule has 0 aromatic rings. The quantitative estimate of drug-likeness (QED) is 0.500. The van der Waals surface area contributed by atoms with E-state index in [0.29, 0.717) is 11.4 Å². The zero-order valence-corrected chi connectivity index (χ0v) is 5.94. The van der Waals surface area contributed by atoms with Gasteiger partial charge >= 0.3 is 0 Å². The van der Waals surface area contributed by atoms with E-state index in [1.54, 1.807) is 0 Å². The fourth-order valence-electron chi connectivity index (χ4n) is 0.135. The van der Waals surface area contributed by atoms with Crippen molar-refractivity contribution < 1.29 is 9.59 Å². The minimum atomic E-state index is -0.343. The molecule has 0 aromatic heterocycles. The topological polar surface area (TPSA) is 58.9 Å². The van der Waals surface area contributed by atoms with Gasteiger partial charge in [-0.2, -0.15) is 0 Å². The van der Waals surface area contributed by atoms with Crippen LogP contribution in [-0.2, 0) is 20.9 Å². The highest BCUT2D eigenvalue weighted by molar-refractivity contribution is 7.58. The van der Waals surface area contributed by atoms with Gasteiger partial charge in [0.05, 0.1) is 11.4 Å². The molecule has 0 aromatic carbocycles. The summed E-state index contributed by atoms with van der Waals surface area (Å²) in [5.41, 5.74) is 0. The summed E-state index contributed by atoms with van der Waals surface area (Å²) in [6, 6.07) is 0. The summed E-state index contributed by atoms with van der Waals surface area (Å²) in [5.74, 6) is -0.685. The highest BCUT2D eigenvalue weighted by Crippen LogP contribution is 1.71. The molecule has 9 heavy (non-hydrogen) atoms. The van der Waals surface area contributed by atoms with Crippen LogP contribution in [0, 0.1) is 0 Å². The van der Waals surface area contributed by atoms with Crippen LogP contribution in [0.4, 0.5) is 0 Å². The smallest absolute Gasteiger partial charge is 0.254 e. The van der Waals surface area contributed by atoms with Crippen LogP contribution in [0.5, 0.6) is 0 Å². The zero-order valence-electron chi connectivity index (χ0n) is 5.12. The van der Waals surface area contributed by atoms with Crippen LogP contribution in [0.1, 0.15) is 13.8 Å². The summed E-state index contributed by atoms with van der Waals surface area (Å²) in [6.45, 7) is 2.59. The molecular formula is C4H6N2O2S. The van der Waals surface area contributed by atoms with Gasteiger partial charge in [0.1, 0.15) is 0 Å². The van der Waals surface area contributed by atoms with Gasteiger partial charge in [0.25, 0.3) is 11.8 Å². The Morgan fingerprint density at radius 3 is 1.67 bits per heavy atom. The Balaban J connectivity index is 3.97. The second kappa shape index (κ2) is 4.08. The van der Waals surface area contributed by atoms with Crippen molar-refractivity contribution in [1.29, 1.82) is 0 Å². The van der Waals surface area contributed by atoms with Crippen LogP contribution in [-0.4, -0.2) is 11.8 Å². The van der Waals surface area contributed by atoms with E-state index < -0.39 is 0 Å². The molecule has 0 N–H and O–H groups in total. The average molecular weight is 146 g/mol. The summed E-state index contributed by atoms with van der Waals surface area (Å²) >= 11 is 0.620. The Hall–Kier alpha value is -0.840. The third-order valence-electron chi connectivity index (χ3n) is 0.339. The maximum atomic E-state index is 10.1. The number of hydrogen-bond acceptors (Lipinski definition) is 2. The predicted molar refractivity (Wildman–Crippen MR) is 33.6 cm³/mol. The van der Waals surface area contributed by atoms with Gasteiger partial charge in [0.15, 0.2) is 0 Å². The number of hydrogen-bond donors (Lipinski definition) is 0. The fourth-order valence-corrected chi connectivity index (χ4v) is 0.406. The molecule has 0 saturated heterocycles. The second-order valence-electron chi connectivity index (χ2n) is 1.30. The first kappa shape index (κ1) is 8.16. The van der Waals surface area contributed by atoms with Crippen molar-refractivity contribution in [2.24, 2.45) is 8.73 Å². The summed E-state index contributed by atoms with van der Waals surface area (Å²) < 4.78 is 6.51. The molecule has 50 valence electrons. The van der Waals surface area contributed by atoms with Crippen molar-refractivity contribution in [3.63, 3.8) is 0 Å². The van der Waals surface area contributed by atoms with E-state index in [4.69, 9.17) is 0 Å². The van der Waals surface area contributed by atoms with Crippen molar-refractivity contribution in [1.82, 2.24) is 0 Å². The lowest BCUT2D eigenvalue weighted by Gasteiger charge is -1.69. The monoisotopic (exact) mass is 146 g/mol. The Morgan fingerprint density at radius 2 is 1.44 bits per heavy atom. The van der Waals surface area contributed by atoms with Gasteiger partial charge in [-0.25, -0.2) is 0 Å². The van der Waals surface area contributed by atoms with E-state index in [2.05, 4.69) is 8.73 Å². The molecule has 0 spiro atoms. The van der Waals surface area contributed by atoms with E-state index in [1.165, 1.54) is 13.8 Å². The summed E-state index contributed by atoms with van der Waals surface area (Å²) in [5, 5.41) is 0. The lowest BCUT2D eigenvalue weighted by atomic mass is 10.8. The van der Waals surface area contributed by atoms with Crippen LogP contribution in [0.2, 0.25) is 0 Å². The predicted octanol–water partition coefficient (Wildman–Crippen LogP) is 0.529. The van der Waals surface area contributed by atoms with Crippen LogP contribution < -0.4 is 0 Å². The molecule has 0 aliphatic rings. The first-order chi connectivity index (χ1) is 4.13. The van der Waals surface area contributed by atoms with Crippen LogP contribution >= 0.6 is 0 Å². The van der Waals surface area contributed by atoms with E-state index in [1.807, 2.05) is 0 Å². The van der Waals surface area contributed by atoms with Crippen molar-refractivity contribution in [2.45, 2.75) is 13.8 Å². The van der Waals surface area contributed by atoms with Gasteiger partial charge in [-0.1, -0.05) is 0 Å². The molecule has 0 rings (SSSR count). The van der Waals surface area contributed by atoms with Gasteiger partial charge in [-0.15, -0.1) is 8.73 Å². The molecule has 0 heterocycles. The van der Waals surface area contributed by atoms with Gasteiger partial charge < -0.3 is 0 Å². The first-order valence-electron chi connectivity index (χ1n) is 2.22. The maximum Gasteiger partial charge on any atom is 0.254 e. The van der Waals surface area contributed by atoms with Gasteiger partial charge in [-0.3, -0.25) is 9.59 Å². The first-order valence-corrected chi connectivity index (χ1v) is 2.95. The Labute approximate surface area is 56.2 Å². The highest BCUT2D eigenvalue weighted by Gasteiger charge is 1.80. The number of carbonyl (C=O) groups is 2. The molecule has 0 atom stereocenters. The molecule has 0 bridgehead atoms. The van der Waals surface area contributed by atoms with E-state index in [0.717, 1.165) is 0 Å². The zero-order chi connectivity index (χ0) is 7.28. The third kappa shape index (κ3) is 7.16. The van der Waals surface area contributed by atoms with Crippen molar-refractivity contribution >= 4 is 23.2 Å². The second-order valence-corrected chi connectivity index (χ2v) is 1.83. The van der Waals surface area contributed by atoms with Gasteiger partial charge in [-0.05, 0) is 0 Å². The summed E-state index contributed by atoms with van der Waals surface area (Å²) in [7, 11) is 0. The number of rotatable bonds is 0. The minimum Gasteiger partial charge on any atom is -0.272 e. The highest BCUT2D eigenvalue weighted by atomic mass is 32.1. The average Bonchev–Trinajstić information content (AvgIpc) is 1.63. The molecule has 0 radical (unpaired) electrons. The Morgan fingerprint density at radius 1 is 1.11 bits per heavy atom. The molecule has 4 nitrogen and oxygen atoms in total. The van der Waals surface area contributed by atoms with Gasteiger partial charge in [0, 0.05) is 13.8 Å². The Bertz CT molecular complexity index is 175. The molecule has 0 aliphatic heterocycles. The van der Waals surface area contributed by atoms with Gasteiger partial charge in [0.2, 0.25) is 0 Å². The van der Waals surface area contributed by atoms with Crippen molar-refractivity contribution in [2.75, 3.05) is 0 Å². The van der Waals surface area contributed by atoms with Crippen molar-refractivity contribution in [3.8, 4) is 0 Å². The van der Waals surface area contributed by atoms with Crippen molar-refractivity contribution in [3.05, 3.63) is 0 Å². The summed E-state index contributed by atoms with van der Waals surface area (Å²) in [6.07, 6.45) is 0. The lowest BCUT2D eigenvalue weighted by Crippen LogP contribution is -1.80. The van der Waals surface area contributed by atoms with E-state index >= 15 is 0 Å². The number of amides is 2. The SMILES string of the molecule is CC(=O)N=S=NC(C)=O. The van der Waals surface area contributed by atoms with E-state index in [9.17, 15) is 9.59 Å².